The van der Waals surface area contributed by atoms with Gasteiger partial charge in [-0.3, -0.25) is 9.59 Å². The number of Topliss-reactive ketones (excluding diaryl/α,β-unsaturated/α-hetero) is 1. The van der Waals surface area contributed by atoms with Crippen LogP contribution in [0.4, 0.5) is 0 Å². The Hall–Kier alpha value is -1.26. The van der Waals surface area contributed by atoms with Gasteiger partial charge in [-0.2, -0.15) is 0 Å². The molecule has 4 nitrogen and oxygen atoms in total. The molecule has 0 aromatic heterocycles. The third kappa shape index (κ3) is 2.05. The lowest BCUT2D eigenvalue weighted by atomic mass is 9.46. The number of carbonyl (C=O) groups excluding carboxylic acids is 2. The average molecular weight is 332 g/mol. The molecule has 0 aromatic rings. The minimum atomic E-state index is -1.55. The second-order valence-electron chi connectivity index (χ2n) is 8.70. The Morgan fingerprint density at radius 1 is 1.04 bits per heavy atom. The van der Waals surface area contributed by atoms with E-state index >= 15 is 0 Å². The molecule has 0 aromatic carbocycles. The van der Waals surface area contributed by atoms with Crippen LogP contribution in [0.3, 0.4) is 0 Å². The van der Waals surface area contributed by atoms with Gasteiger partial charge in [0, 0.05) is 23.3 Å². The normalized spacial score (nSPS) is 42.1. The highest BCUT2D eigenvalue weighted by Gasteiger charge is 2.65. The minimum Gasteiger partial charge on any atom is -0.382 e. The molecule has 2 bridgehead atoms. The lowest BCUT2D eigenvalue weighted by Gasteiger charge is -2.58. The summed E-state index contributed by atoms with van der Waals surface area (Å²) in [5, 5.41) is 21.9. The number of fused-ring (bicyclic) bond motifs is 2. The molecule has 0 aliphatic heterocycles. The second kappa shape index (κ2) is 5.12. The van der Waals surface area contributed by atoms with Gasteiger partial charge in [0.1, 0.15) is 11.2 Å². The number of allylic oxidation sites excluding steroid dienone is 2. The molecule has 0 spiro atoms. The Labute approximate surface area is 143 Å². The van der Waals surface area contributed by atoms with Gasteiger partial charge >= 0.3 is 0 Å². The monoisotopic (exact) mass is 332 g/mol. The summed E-state index contributed by atoms with van der Waals surface area (Å²) in [6, 6.07) is 0. The van der Waals surface area contributed by atoms with Gasteiger partial charge in [-0.25, -0.2) is 0 Å². The molecule has 24 heavy (non-hydrogen) atoms. The third-order valence-corrected chi connectivity index (χ3v) is 6.48. The predicted molar refractivity (Wildman–Crippen MR) is 91.1 cm³/mol. The molecule has 4 aliphatic carbocycles. The van der Waals surface area contributed by atoms with Gasteiger partial charge in [0.05, 0.1) is 0 Å². The van der Waals surface area contributed by atoms with E-state index < -0.39 is 23.0 Å². The first-order chi connectivity index (χ1) is 10.9. The highest BCUT2D eigenvalue weighted by molar-refractivity contribution is 6.08. The van der Waals surface area contributed by atoms with Crippen molar-refractivity contribution in [3.05, 3.63) is 22.8 Å². The van der Waals surface area contributed by atoms with Crippen molar-refractivity contribution in [1.29, 1.82) is 0 Å². The number of hydrogen-bond donors (Lipinski definition) is 2. The van der Waals surface area contributed by atoms with E-state index in [0.717, 1.165) is 11.1 Å². The smallest absolute Gasteiger partial charge is 0.190 e. The van der Waals surface area contributed by atoms with Crippen molar-refractivity contribution >= 4 is 11.6 Å². The van der Waals surface area contributed by atoms with Crippen LogP contribution < -0.4 is 0 Å². The van der Waals surface area contributed by atoms with Gasteiger partial charge in [-0.15, -0.1) is 0 Å². The number of hydrogen-bond acceptors (Lipinski definition) is 4. The minimum absolute atomic E-state index is 0.107. The van der Waals surface area contributed by atoms with Crippen molar-refractivity contribution in [3.63, 3.8) is 0 Å². The zero-order valence-corrected chi connectivity index (χ0v) is 15.4. The molecule has 1 unspecified atom stereocenters. The largest absolute Gasteiger partial charge is 0.382 e. The Kier molecular flexibility index (Phi) is 3.75. The Morgan fingerprint density at radius 3 is 2.12 bits per heavy atom. The summed E-state index contributed by atoms with van der Waals surface area (Å²) in [5.74, 6) is -1.36. The highest BCUT2D eigenvalue weighted by Crippen LogP contribution is 2.60. The summed E-state index contributed by atoms with van der Waals surface area (Å²) in [7, 11) is 0. The fourth-order valence-electron chi connectivity index (χ4n) is 5.08. The molecule has 4 aliphatic rings. The third-order valence-electron chi connectivity index (χ3n) is 6.48. The summed E-state index contributed by atoms with van der Waals surface area (Å²) in [4.78, 5) is 25.6. The maximum atomic E-state index is 13.0. The molecule has 0 saturated heterocycles. The molecule has 0 amide bonds. The first-order valence-electron chi connectivity index (χ1n) is 8.90. The van der Waals surface area contributed by atoms with E-state index in [1.165, 1.54) is 6.92 Å². The van der Waals surface area contributed by atoms with Crippen LogP contribution in [0.5, 0.6) is 0 Å². The Bertz CT molecular complexity index is 676. The van der Waals surface area contributed by atoms with Crippen molar-refractivity contribution in [2.24, 2.45) is 29.6 Å². The summed E-state index contributed by atoms with van der Waals surface area (Å²) in [6.07, 6.45) is 2.11. The summed E-state index contributed by atoms with van der Waals surface area (Å²) < 4.78 is 0. The van der Waals surface area contributed by atoms with Crippen molar-refractivity contribution < 1.29 is 19.8 Å². The molecule has 0 heterocycles. The van der Waals surface area contributed by atoms with Crippen LogP contribution in [-0.2, 0) is 9.59 Å². The summed E-state index contributed by atoms with van der Waals surface area (Å²) >= 11 is 0. The van der Waals surface area contributed by atoms with E-state index in [-0.39, 0.29) is 29.3 Å². The molecular formula is C20H28O4. The Balaban J connectivity index is 2.32. The van der Waals surface area contributed by atoms with E-state index in [1.807, 2.05) is 13.8 Å². The van der Waals surface area contributed by atoms with Gasteiger partial charge in [0.2, 0.25) is 0 Å². The first kappa shape index (κ1) is 17.6. The van der Waals surface area contributed by atoms with E-state index in [2.05, 4.69) is 13.8 Å². The predicted octanol–water partition coefficient (Wildman–Crippen LogP) is 2.44. The van der Waals surface area contributed by atoms with E-state index in [0.29, 0.717) is 12.0 Å². The SMILES string of the molecule is CC(C)C1=CC(=O)[C@](C)(O)C2[C@H]1C1=C(C(C)C)C[C@@H]2[C@@](C)(O)C1=O. The average Bonchev–Trinajstić information content (AvgIpc) is 2.46. The lowest BCUT2D eigenvalue weighted by molar-refractivity contribution is -0.170. The van der Waals surface area contributed by atoms with Gasteiger partial charge in [0.15, 0.2) is 11.6 Å². The van der Waals surface area contributed by atoms with E-state index in [1.54, 1.807) is 13.0 Å². The number of rotatable bonds is 2. The van der Waals surface area contributed by atoms with Crippen LogP contribution in [0.1, 0.15) is 48.0 Å². The van der Waals surface area contributed by atoms with Crippen LogP contribution >= 0.6 is 0 Å². The molecule has 4 heteroatoms. The zero-order valence-electron chi connectivity index (χ0n) is 15.4. The summed E-state index contributed by atoms with van der Waals surface area (Å²) in [6.45, 7) is 11.2. The maximum absolute atomic E-state index is 13.0. The molecule has 4 rings (SSSR count). The Morgan fingerprint density at radius 2 is 1.62 bits per heavy atom. The van der Waals surface area contributed by atoms with Crippen molar-refractivity contribution in [3.8, 4) is 0 Å². The van der Waals surface area contributed by atoms with Crippen molar-refractivity contribution in [2.45, 2.75) is 59.2 Å². The quantitative estimate of drug-likeness (QED) is 0.814. The molecule has 1 saturated carbocycles. The van der Waals surface area contributed by atoms with Gasteiger partial charge in [-0.05, 0) is 38.2 Å². The van der Waals surface area contributed by atoms with Crippen LogP contribution in [0.15, 0.2) is 22.8 Å². The van der Waals surface area contributed by atoms with Gasteiger partial charge in [0.25, 0.3) is 0 Å². The topological polar surface area (TPSA) is 74.6 Å². The number of carbonyl (C=O) groups is 2. The van der Waals surface area contributed by atoms with E-state index in [4.69, 9.17) is 0 Å². The van der Waals surface area contributed by atoms with Crippen LogP contribution in [0.25, 0.3) is 0 Å². The highest BCUT2D eigenvalue weighted by atomic mass is 16.3. The number of ketones is 2. The standard InChI is InChI=1S/C20H28O4/c1-9(2)11-7-13-17-15(16(11)18(22)19(13,5)23)12(10(3)4)8-14(21)20(17,6)24/h8-10,13,15,17,23-24H,7H2,1-6H3/t13-,15+,17?,19+,20-/m0/s1. The van der Waals surface area contributed by atoms with Gasteiger partial charge < -0.3 is 10.2 Å². The zero-order chi connectivity index (χ0) is 18.2. The molecule has 1 fully saturated rings. The fourth-order valence-corrected chi connectivity index (χ4v) is 5.08. The van der Waals surface area contributed by atoms with Crippen LogP contribution in [0, 0.1) is 29.6 Å². The summed E-state index contributed by atoms with van der Waals surface area (Å²) in [5.41, 5.74) is -0.423. The van der Waals surface area contributed by atoms with Crippen LogP contribution in [0.2, 0.25) is 0 Å². The fraction of sp³-hybridized carbons (Fsp3) is 0.700. The maximum Gasteiger partial charge on any atom is 0.190 e. The molecule has 5 atom stereocenters. The van der Waals surface area contributed by atoms with Crippen molar-refractivity contribution in [1.82, 2.24) is 0 Å². The van der Waals surface area contributed by atoms with Gasteiger partial charge in [-0.1, -0.05) is 38.8 Å². The first-order valence-corrected chi connectivity index (χ1v) is 8.90. The number of aliphatic hydroxyl groups is 2. The molecule has 2 N–H and O–H groups in total. The molecular weight excluding hydrogens is 304 g/mol. The molecule has 0 radical (unpaired) electrons. The second-order valence-corrected chi connectivity index (χ2v) is 8.70. The van der Waals surface area contributed by atoms with Crippen LogP contribution in [-0.4, -0.2) is 33.0 Å². The lowest BCUT2D eigenvalue weighted by Crippen LogP contribution is -2.66. The van der Waals surface area contributed by atoms with E-state index in [9.17, 15) is 19.8 Å². The molecule has 132 valence electrons. The van der Waals surface area contributed by atoms with Crippen molar-refractivity contribution in [2.75, 3.05) is 0 Å².